The van der Waals surface area contributed by atoms with Crippen molar-refractivity contribution in [2.24, 2.45) is 5.73 Å². The third-order valence-corrected chi connectivity index (χ3v) is 3.52. The molecule has 0 spiro atoms. The Kier molecular flexibility index (Phi) is 8.42. The summed E-state index contributed by atoms with van der Waals surface area (Å²) in [6.07, 6.45) is 0. The van der Waals surface area contributed by atoms with Crippen molar-refractivity contribution in [2.45, 2.75) is 20.4 Å². The number of nitro benzene ring substituents is 1. The molecule has 8 heteroatoms. The number of non-ortho nitro benzene ring substituents is 1. The first-order valence-electron chi connectivity index (χ1n) is 8.37. The lowest BCUT2D eigenvalue weighted by molar-refractivity contribution is -0.384. The van der Waals surface area contributed by atoms with Gasteiger partial charge >= 0.3 is 0 Å². The maximum absolute atomic E-state index is 12.1. The summed E-state index contributed by atoms with van der Waals surface area (Å²) in [5.41, 5.74) is 6.30. The van der Waals surface area contributed by atoms with Gasteiger partial charge in [0.15, 0.2) is 12.4 Å². The number of rotatable bonds is 3. The van der Waals surface area contributed by atoms with Gasteiger partial charge in [-0.3, -0.25) is 14.9 Å². The van der Waals surface area contributed by atoms with E-state index < -0.39 is 4.92 Å². The zero-order chi connectivity index (χ0) is 20.4. The second kappa shape index (κ2) is 10.5. The Morgan fingerprint density at radius 2 is 1.85 bits per heavy atom. The number of hydrogen-bond donors (Lipinski definition) is 1. The number of nitrogens with two attached hydrogens (primary N) is 1. The molecule has 0 atom stereocenters. The average molecular weight is 370 g/mol. The molecule has 0 aromatic heterocycles. The van der Waals surface area contributed by atoms with Crippen molar-refractivity contribution in [1.82, 2.24) is 0 Å². The minimum atomic E-state index is -0.509. The molecule has 1 aliphatic heterocycles. The molecule has 2 aromatic rings. The lowest BCUT2D eigenvalue weighted by Gasteiger charge is -2.29. The minimum absolute atomic E-state index is 0.0866. The molecular formula is C19H22N4O4. The molecule has 0 saturated carbocycles. The smallest absolute Gasteiger partial charge is 0.273 e. The molecule has 0 bridgehead atoms. The molecule has 3 rings (SSSR count). The first-order valence-corrected chi connectivity index (χ1v) is 8.37. The van der Waals surface area contributed by atoms with E-state index in [9.17, 15) is 14.9 Å². The van der Waals surface area contributed by atoms with Crippen LogP contribution in [0.3, 0.4) is 0 Å². The fourth-order valence-electron chi connectivity index (χ4n) is 2.35. The van der Waals surface area contributed by atoms with Crippen molar-refractivity contribution in [2.75, 3.05) is 18.6 Å². The molecule has 0 radical (unpaired) electrons. The van der Waals surface area contributed by atoms with E-state index in [1.165, 1.54) is 30.1 Å². The summed E-state index contributed by atoms with van der Waals surface area (Å²) >= 11 is 0. The predicted octanol–water partition coefficient (Wildman–Crippen LogP) is 2.99. The molecule has 1 amide bonds. The van der Waals surface area contributed by atoms with Gasteiger partial charge in [-0.1, -0.05) is 26.0 Å². The fraction of sp³-hybridized carbons (Fsp3) is 0.263. The van der Waals surface area contributed by atoms with Gasteiger partial charge in [0.05, 0.1) is 34.9 Å². The highest BCUT2D eigenvalue weighted by Gasteiger charge is 2.27. The van der Waals surface area contributed by atoms with Crippen molar-refractivity contribution in [1.29, 1.82) is 5.26 Å². The topological polar surface area (TPSA) is 122 Å². The van der Waals surface area contributed by atoms with Crippen molar-refractivity contribution < 1.29 is 14.5 Å². The largest absolute Gasteiger partial charge is 0.481 e. The quantitative estimate of drug-likeness (QED) is 0.654. The normalized spacial score (nSPS) is 11.5. The van der Waals surface area contributed by atoms with E-state index in [2.05, 4.69) is 5.73 Å². The highest BCUT2D eigenvalue weighted by Crippen LogP contribution is 2.35. The Labute approximate surface area is 157 Å². The summed E-state index contributed by atoms with van der Waals surface area (Å²) in [6.45, 7) is 4.14. The Bertz CT molecular complexity index is 829. The zero-order valence-corrected chi connectivity index (χ0v) is 15.5. The molecule has 142 valence electrons. The highest BCUT2D eigenvalue weighted by atomic mass is 16.6. The standard InChI is InChI=1S/C16H11N3O4.C2H6.CH5N/c17-8-11-1-3-12(4-2-11)9-18-14-6-5-13(19(21)22)7-15(14)23-10-16(18)20;2*1-2/h1-7H,9-10H2;1-2H3;2H2,1H3. The number of nitriles is 1. The zero-order valence-electron chi connectivity index (χ0n) is 15.5. The van der Waals surface area contributed by atoms with E-state index in [0.717, 1.165) is 5.56 Å². The lowest BCUT2D eigenvalue weighted by atomic mass is 10.1. The summed E-state index contributed by atoms with van der Waals surface area (Å²) in [7, 11) is 1.50. The van der Waals surface area contributed by atoms with E-state index in [-0.39, 0.29) is 18.2 Å². The molecule has 0 fully saturated rings. The van der Waals surface area contributed by atoms with Crippen LogP contribution in [0.15, 0.2) is 42.5 Å². The Morgan fingerprint density at radius 1 is 1.22 bits per heavy atom. The van der Waals surface area contributed by atoms with Crippen LogP contribution < -0.4 is 15.4 Å². The number of fused-ring (bicyclic) bond motifs is 1. The Hall–Kier alpha value is -3.44. The number of nitrogens with zero attached hydrogens (tertiary/aromatic N) is 3. The number of carbonyl (C=O) groups excluding carboxylic acids is 1. The van der Waals surface area contributed by atoms with Crippen molar-refractivity contribution >= 4 is 17.3 Å². The van der Waals surface area contributed by atoms with Crippen LogP contribution in [0.25, 0.3) is 0 Å². The van der Waals surface area contributed by atoms with Crippen LogP contribution in [-0.2, 0) is 11.3 Å². The Balaban J connectivity index is 0.000000855. The molecule has 2 aromatic carbocycles. The van der Waals surface area contributed by atoms with Crippen LogP contribution in [0, 0.1) is 21.4 Å². The molecule has 27 heavy (non-hydrogen) atoms. The number of anilines is 1. The van der Waals surface area contributed by atoms with E-state index in [1.54, 1.807) is 24.3 Å². The molecular weight excluding hydrogens is 348 g/mol. The number of nitro groups is 1. The average Bonchev–Trinajstić information content (AvgIpc) is 2.73. The molecule has 1 heterocycles. The molecule has 8 nitrogen and oxygen atoms in total. The summed E-state index contributed by atoms with van der Waals surface area (Å²) in [5.74, 6) is 0.0863. The van der Waals surface area contributed by atoms with Gasteiger partial charge in [0, 0.05) is 6.07 Å². The van der Waals surface area contributed by atoms with Gasteiger partial charge in [-0.05, 0) is 30.8 Å². The minimum Gasteiger partial charge on any atom is -0.481 e. The summed E-state index contributed by atoms with van der Waals surface area (Å²) in [6, 6.07) is 13.1. The van der Waals surface area contributed by atoms with Crippen molar-refractivity contribution in [3.05, 3.63) is 63.7 Å². The van der Waals surface area contributed by atoms with Gasteiger partial charge in [0.25, 0.3) is 11.6 Å². The highest BCUT2D eigenvalue weighted by molar-refractivity contribution is 5.98. The van der Waals surface area contributed by atoms with Gasteiger partial charge in [-0.2, -0.15) is 5.26 Å². The van der Waals surface area contributed by atoms with Gasteiger partial charge in [-0.25, -0.2) is 0 Å². The number of benzene rings is 2. The maximum atomic E-state index is 12.1. The summed E-state index contributed by atoms with van der Waals surface area (Å²) in [5, 5.41) is 19.6. The summed E-state index contributed by atoms with van der Waals surface area (Å²) < 4.78 is 5.29. The number of hydrogen-bond acceptors (Lipinski definition) is 6. The molecule has 0 unspecified atom stereocenters. The molecule has 0 saturated heterocycles. The first-order chi connectivity index (χ1) is 13.1. The second-order valence-electron chi connectivity index (χ2n) is 4.99. The van der Waals surface area contributed by atoms with Gasteiger partial charge < -0.3 is 15.4 Å². The van der Waals surface area contributed by atoms with Crippen LogP contribution in [-0.4, -0.2) is 24.5 Å². The SMILES string of the molecule is CC.CN.N#Cc1ccc(CN2C(=O)COc3cc([N+](=O)[O-])ccc32)cc1. The van der Waals surface area contributed by atoms with E-state index >= 15 is 0 Å². The number of amides is 1. The van der Waals surface area contributed by atoms with Gasteiger partial charge in [-0.15, -0.1) is 0 Å². The van der Waals surface area contributed by atoms with Crippen LogP contribution in [0.5, 0.6) is 5.75 Å². The van der Waals surface area contributed by atoms with Crippen LogP contribution >= 0.6 is 0 Å². The van der Waals surface area contributed by atoms with Crippen molar-refractivity contribution in [3.8, 4) is 11.8 Å². The third-order valence-electron chi connectivity index (χ3n) is 3.52. The van der Waals surface area contributed by atoms with Crippen LogP contribution in [0.2, 0.25) is 0 Å². The van der Waals surface area contributed by atoms with E-state index in [4.69, 9.17) is 10.00 Å². The monoisotopic (exact) mass is 370 g/mol. The van der Waals surface area contributed by atoms with Crippen LogP contribution in [0.4, 0.5) is 11.4 Å². The third kappa shape index (κ3) is 5.26. The van der Waals surface area contributed by atoms with E-state index in [1.807, 2.05) is 19.9 Å². The second-order valence-corrected chi connectivity index (χ2v) is 4.99. The van der Waals surface area contributed by atoms with E-state index in [0.29, 0.717) is 23.5 Å². The predicted molar refractivity (Wildman–Crippen MR) is 102 cm³/mol. The maximum Gasteiger partial charge on any atom is 0.273 e. The molecule has 1 aliphatic rings. The molecule has 0 aliphatic carbocycles. The molecule has 2 N–H and O–H groups in total. The summed E-state index contributed by atoms with van der Waals surface area (Å²) in [4.78, 5) is 24.0. The Morgan fingerprint density at radius 3 is 2.41 bits per heavy atom. The lowest BCUT2D eigenvalue weighted by Crippen LogP contribution is -2.38. The van der Waals surface area contributed by atoms with Gasteiger partial charge in [0.1, 0.15) is 0 Å². The fourth-order valence-corrected chi connectivity index (χ4v) is 2.35. The number of carbonyl (C=O) groups is 1. The van der Waals surface area contributed by atoms with Crippen LogP contribution in [0.1, 0.15) is 25.0 Å². The number of ether oxygens (including phenoxy) is 1. The first kappa shape index (κ1) is 21.6. The van der Waals surface area contributed by atoms with Crippen molar-refractivity contribution in [3.63, 3.8) is 0 Å². The van der Waals surface area contributed by atoms with Gasteiger partial charge in [0.2, 0.25) is 0 Å².